The van der Waals surface area contributed by atoms with E-state index in [-0.39, 0.29) is 5.91 Å². The van der Waals surface area contributed by atoms with Crippen molar-refractivity contribution < 1.29 is 9.21 Å². The minimum atomic E-state index is -0.0229. The van der Waals surface area contributed by atoms with Crippen LogP contribution in [0.2, 0.25) is 0 Å². The van der Waals surface area contributed by atoms with Gasteiger partial charge in [0.05, 0.1) is 4.91 Å². The van der Waals surface area contributed by atoms with Crippen LogP contribution in [0, 0.1) is 0 Å². The number of likely N-dealkylation sites (N-methyl/N-ethyl adjacent to an activating group) is 1. The molecule has 0 aromatic carbocycles. The number of anilines is 1. The van der Waals surface area contributed by atoms with Crippen LogP contribution in [0.1, 0.15) is 38.4 Å². The van der Waals surface area contributed by atoms with E-state index >= 15 is 0 Å². The summed E-state index contributed by atoms with van der Waals surface area (Å²) >= 11 is 6.57. The van der Waals surface area contributed by atoms with E-state index in [4.69, 9.17) is 16.6 Å². The molecule has 1 aromatic heterocycles. The second-order valence-electron chi connectivity index (χ2n) is 5.50. The zero-order chi connectivity index (χ0) is 15.5. The van der Waals surface area contributed by atoms with Gasteiger partial charge in [0.15, 0.2) is 5.88 Å². The molecule has 0 saturated carbocycles. The van der Waals surface area contributed by atoms with Gasteiger partial charge in [-0.25, -0.2) is 0 Å². The third-order valence-electron chi connectivity index (χ3n) is 3.99. The Morgan fingerprint density at radius 1 is 1.27 bits per heavy atom. The van der Waals surface area contributed by atoms with Gasteiger partial charge in [0, 0.05) is 31.8 Å². The molecule has 0 aliphatic carbocycles. The summed E-state index contributed by atoms with van der Waals surface area (Å²) in [4.78, 5) is 16.8. The van der Waals surface area contributed by atoms with E-state index in [1.54, 1.807) is 11.0 Å². The number of furan rings is 1. The molecule has 2 fully saturated rings. The zero-order valence-corrected chi connectivity index (χ0v) is 14.3. The molecule has 3 heterocycles. The van der Waals surface area contributed by atoms with Crippen molar-refractivity contribution in [1.29, 1.82) is 0 Å². The summed E-state index contributed by atoms with van der Waals surface area (Å²) < 4.78 is 6.54. The molecule has 6 heteroatoms. The fourth-order valence-electron chi connectivity index (χ4n) is 2.78. The van der Waals surface area contributed by atoms with Crippen LogP contribution in [-0.4, -0.2) is 34.8 Å². The van der Waals surface area contributed by atoms with Crippen molar-refractivity contribution in [3.63, 3.8) is 0 Å². The van der Waals surface area contributed by atoms with Gasteiger partial charge in [-0.1, -0.05) is 36.8 Å². The Bertz CT molecular complexity index is 601. The van der Waals surface area contributed by atoms with Gasteiger partial charge in [-0.05, 0) is 25.8 Å². The van der Waals surface area contributed by atoms with Crippen LogP contribution in [0.25, 0.3) is 6.08 Å². The van der Waals surface area contributed by atoms with Crippen LogP contribution in [-0.2, 0) is 4.79 Å². The van der Waals surface area contributed by atoms with Crippen LogP contribution in [0.15, 0.2) is 21.5 Å². The van der Waals surface area contributed by atoms with Gasteiger partial charge in [0.1, 0.15) is 10.1 Å². The number of carbonyl (C=O) groups excluding carboxylic acids is 1. The summed E-state index contributed by atoms with van der Waals surface area (Å²) in [5, 5.41) is 0. The largest absolute Gasteiger partial charge is 0.441 e. The quantitative estimate of drug-likeness (QED) is 0.618. The topological polar surface area (TPSA) is 36.7 Å². The molecule has 1 amide bonds. The average Bonchev–Trinajstić information content (AvgIpc) is 2.94. The maximum Gasteiger partial charge on any atom is 0.266 e. The first kappa shape index (κ1) is 15.6. The number of thiocarbonyl (C=S) groups is 1. The third-order valence-corrected chi connectivity index (χ3v) is 5.37. The molecule has 1 aromatic rings. The Hall–Kier alpha value is -1.27. The summed E-state index contributed by atoms with van der Waals surface area (Å²) in [5.74, 6) is 1.60. The van der Waals surface area contributed by atoms with Crippen molar-refractivity contribution in [3.8, 4) is 0 Å². The van der Waals surface area contributed by atoms with Gasteiger partial charge in [-0.15, -0.1) is 0 Å². The second kappa shape index (κ2) is 6.87. The highest BCUT2D eigenvalue weighted by Gasteiger charge is 2.30. The molecule has 4 nitrogen and oxygen atoms in total. The van der Waals surface area contributed by atoms with Gasteiger partial charge in [0.25, 0.3) is 5.91 Å². The van der Waals surface area contributed by atoms with E-state index in [1.807, 2.05) is 19.1 Å². The molecule has 0 unspecified atom stereocenters. The lowest BCUT2D eigenvalue weighted by atomic mass is 10.2. The maximum absolute atomic E-state index is 12.2. The molecule has 0 atom stereocenters. The lowest BCUT2D eigenvalue weighted by Gasteiger charge is -2.18. The molecule has 2 aliphatic heterocycles. The van der Waals surface area contributed by atoms with Crippen molar-refractivity contribution in [2.45, 2.75) is 32.6 Å². The predicted molar refractivity (Wildman–Crippen MR) is 94.9 cm³/mol. The molecule has 22 heavy (non-hydrogen) atoms. The van der Waals surface area contributed by atoms with Crippen LogP contribution in [0.4, 0.5) is 5.88 Å². The Kier molecular flexibility index (Phi) is 4.88. The second-order valence-corrected chi connectivity index (χ2v) is 7.18. The molecule has 0 radical (unpaired) electrons. The molecular formula is C16H20N2O2S2. The SMILES string of the molecule is CCN1C(=O)/C(=C/c2ccc(N3CCCCCC3)o2)SC1=S. The van der Waals surface area contributed by atoms with E-state index in [9.17, 15) is 4.79 Å². The van der Waals surface area contributed by atoms with Crippen LogP contribution in [0.3, 0.4) is 0 Å². The molecule has 0 N–H and O–H groups in total. The predicted octanol–water partition coefficient (Wildman–Crippen LogP) is 3.88. The Balaban J connectivity index is 1.75. The molecular weight excluding hydrogens is 316 g/mol. The first-order chi connectivity index (χ1) is 10.7. The van der Waals surface area contributed by atoms with Crippen LogP contribution >= 0.6 is 24.0 Å². The highest BCUT2D eigenvalue weighted by molar-refractivity contribution is 8.26. The Morgan fingerprint density at radius 3 is 2.64 bits per heavy atom. The van der Waals surface area contributed by atoms with Crippen molar-refractivity contribution in [3.05, 3.63) is 22.8 Å². The van der Waals surface area contributed by atoms with Crippen LogP contribution in [0.5, 0.6) is 0 Å². The van der Waals surface area contributed by atoms with E-state index in [0.29, 0.717) is 15.8 Å². The zero-order valence-electron chi connectivity index (χ0n) is 12.7. The number of carbonyl (C=O) groups is 1. The first-order valence-corrected chi connectivity index (χ1v) is 9.01. The van der Waals surface area contributed by atoms with E-state index < -0.39 is 0 Å². The molecule has 118 valence electrons. The van der Waals surface area contributed by atoms with Crippen LogP contribution < -0.4 is 4.90 Å². The standard InChI is InChI=1S/C16H20N2O2S2/c1-2-18-15(19)13(22-16(18)21)11-12-7-8-14(20-12)17-9-5-3-4-6-10-17/h7-8,11H,2-6,9-10H2,1H3/b13-11-. The summed E-state index contributed by atoms with van der Waals surface area (Å²) in [6.45, 7) is 4.63. The lowest BCUT2D eigenvalue weighted by molar-refractivity contribution is -0.121. The summed E-state index contributed by atoms with van der Waals surface area (Å²) in [7, 11) is 0. The smallest absolute Gasteiger partial charge is 0.266 e. The fourth-order valence-corrected chi connectivity index (χ4v) is 4.15. The number of rotatable bonds is 3. The van der Waals surface area contributed by atoms with Crippen molar-refractivity contribution in [2.24, 2.45) is 0 Å². The molecule has 3 rings (SSSR count). The molecule has 0 bridgehead atoms. The average molecular weight is 336 g/mol. The maximum atomic E-state index is 12.2. The fraction of sp³-hybridized carbons (Fsp3) is 0.500. The van der Waals surface area contributed by atoms with Crippen molar-refractivity contribution >= 4 is 46.2 Å². The monoisotopic (exact) mass is 336 g/mol. The number of hydrogen-bond donors (Lipinski definition) is 0. The number of thioether (sulfide) groups is 1. The Morgan fingerprint density at radius 2 is 2.00 bits per heavy atom. The van der Waals surface area contributed by atoms with Crippen molar-refractivity contribution in [1.82, 2.24) is 4.90 Å². The molecule has 0 spiro atoms. The van der Waals surface area contributed by atoms with Crippen molar-refractivity contribution in [2.75, 3.05) is 24.5 Å². The third kappa shape index (κ3) is 3.22. The van der Waals surface area contributed by atoms with Gasteiger partial charge in [0.2, 0.25) is 0 Å². The summed E-state index contributed by atoms with van der Waals surface area (Å²) in [5.41, 5.74) is 0. The van der Waals surface area contributed by atoms with Gasteiger partial charge in [-0.3, -0.25) is 9.69 Å². The summed E-state index contributed by atoms with van der Waals surface area (Å²) in [6.07, 6.45) is 6.82. The molecule has 2 aliphatic rings. The van der Waals surface area contributed by atoms with E-state index in [0.717, 1.165) is 24.7 Å². The molecule has 2 saturated heterocycles. The first-order valence-electron chi connectivity index (χ1n) is 7.79. The normalized spacial score (nSPS) is 21.8. The highest BCUT2D eigenvalue weighted by Crippen LogP contribution is 2.33. The minimum Gasteiger partial charge on any atom is -0.441 e. The van der Waals surface area contributed by atoms with E-state index in [2.05, 4.69) is 4.90 Å². The minimum absolute atomic E-state index is 0.0229. The van der Waals surface area contributed by atoms with Gasteiger partial charge >= 0.3 is 0 Å². The number of amides is 1. The highest BCUT2D eigenvalue weighted by atomic mass is 32.2. The number of hydrogen-bond acceptors (Lipinski definition) is 5. The lowest BCUT2D eigenvalue weighted by Crippen LogP contribution is -2.27. The van der Waals surface area contributed by atoms with Gasteiger partial charge < -0.3 is 9.32 Å². The summed E-state index contributed by atoms with van der Waals surface area (Å²) in [6, 6.07) is 3.93. The number of nitrogens with zero attached hydrogens (tertiary/aromatic N) is 2. The Labute approximate surface area is 140 Å². The van der Waals surface area contributed by atoms with E-state index in [1.165, 1.54) is 37.4 Å². The van der Waals surface area contributed by atoms with Gasteiger partial charge in [-0.2, -0.15) is 0 Å².